The fourth-order valence-electron chi connectivity index (χ4n) is 0. The van der Waals surface area contributed by atoms with E-state index in [2.05, 4.69) is 5.73 Å². The van der Waals surface area contributed by atoms with Crippen LogP contribution in [0.4, 0.5) is 0 Å². The fourth-order valence-corrected chi connectivity index (χ4v) is 0. The van der Waals surface area contributed by atoms with Gasteiger partial charge in [-0.25, -0.2) is 0 Å². The third-order valence-corrected chi connectivity index (χ3v) is 0. The molecule has 9 heavy (non-hydrogen) atoms. The first kappa shape index (κ1) is 16.1. The molecule has 0 spiro atoms. The van der Waals surface area contributed by atoms with Crippen LogP contribution in [0.5, 0.6) is 0 Å². The van der Waals surface area contributed by atoms with E-state index in [-0.39, 0.29) is 5.48 Å². The third kappa shape index (κ3) is 3440. The van der Waals surface area contributed by atoms with Gasteiger partial charge in [-0.15, -0.1) is 0 Å². The van der Waals surface area contributed by atoms with Gasteiger partial charge in [0, 0.05) is 0 Å². The second kappa shape index (κ2) is 4.18. The molecule has 0 saturated carbocycles. The third-order valence-electron chi connectivity index (χ3n) is 0. The second-order valence-electron chi connectivity index (χ2n) is 3.48. The van der Waals surface area contributed by atoms with E-state index in [1.165, 1.54) is 0 Å². The maximum atomic E-state index is 9.12. The first-order valence-corrected chi connectivity index (χ1v) is 6.67. The Labute approximate surface area is 57.6 Å². The molecule has 0 aromatic heterocycles. The van der Waals surface area contributed by atoms with E-state index < -0.39 is 6.83 Å². The maximum absolute atomic E-state index is 9.12. The normalized spacial score (nSPS) is 13.4. The van der Waals surface area contributed by atoms with Crippen molar-refractivity contribution in [1.29, 1.82) is 0 Å². The molecule has 0 unspecified atom stereocenters. The molecular weight excluding hydrogens is 137 g/mol. The van der Waals surface area contributed by atoms with Crippen molar-refractivity contribution in [3.8, 4) is 0 Å². The van der Waals surface area contributed by atoms with Crippen LogP contribution in [0.3, 0.4) is 0 Å². The Morgan fingerprint density at radius 2 is 1.00 bits per heavy atom. The maximum Gasteiger partial charge on any atom is 0.0634 e. The van der Waals surface area contributed by atoms with Crippen LogP contribution in [0.1, 0.15) is 0 Å². The number of hydrogen-bond acceptors (Lipinski definition) is 2. The summed E-state index contributed by atoms with van der Waals surface area (Å²) in [6.07, 6.45) is 0. The predicted molar refractivity (Wildman–Crippen MR) is 43.6 cm³/mol. The van der Waals surface area contributed by atoms with Crippen LogP contribution < -0.4 is 5.73 Å². The molecule has 0 heterocycles. The molecule has 0 atom stereocenters. The van der Waals surface area contributed by atoms with Gasteiger partial charge in [0.25, 0.3) is 0 Å². The van der Waals surface area contributed by atoms with Gasteiger partial charge in [0.05, 0.1) is 7.05 Å². The SMILES string of the molecule is CP(C)(C)(C)O.C[NH3+].[OH-]. The van der Waals surface area contributed by atoms with Gasteiger partial charge in [0.15, 0.2) is 0 Å². The van der Waals surface area contributed by atoms with Gasteiger partial charge < -0.3 is 11.2 Å². The van der Waals surface area contributed by atoms with E-state index in [1.807, 2.05) is 26.7 Å². The van der Waals surface area contributed by atoms with E-state index in [1.54, 1.807) is 7.05 Å². The van der Waals surface area contributed by atoms with E-state index in [0.29, 0.717) is 0 Å². The summed E-state index contributed by atoms with van der Waals surface area (Å²) in [6.45, 7) is 5.53. The molecule has 62 valence electrons. The van der Waals surface area contributed by atoms with Crippen molar-refractivity contribution in [2.45, 2.75) is 0 Å². The molecule has 0 aliphatic carbocycles. The molecule has 0 aromatic rings. The Morgan fingerprint density at radius 3 is 1.00 bits per heavy atom. The number of hydrogen-bond donors (Lipinski definition) is 2. The molecule has 0 aliphatic heterocycles. The van der Waals surface area contributed by atoms with Crippen LogP contribution in [0.2, 0.25) is 0 Å². The van der Waals surface area contributed by atoms with Crippen molar-refractivity contribution in [3.63, 3.8) is 0 Å². The minimum atomic E-state index is -2.05. The van der Waals surface area contributed by atoms with Crippen molar-refractivity contribution >= 4 is 6.83 Å². The van der Waals surface area contributed by atoms with Crippen LogP contribution in [0, 0.1) is 0 Å². The summed E-state index contributed by atoms with van der Waals surface area (Å²) in [7, 11) is 1.75. The largest absolute Gasteiger partial charge is 0.870 e. The van der Waals surface area contributed by atoms with Crippen molar-refractivity contribution in [2.75, 3.05) is 33.7 Å². The van der Waals surface area contributed by atoms with Gasteiger partial charge in [-0.2, -0.15) is 0 Å². The van der Waals surface area contributed by atoms with E-state index >= 15 is 0 Å². The molecule has 5 N–H and O–H groups in total. The topological polar surface area (TPSA) is 77.9 Å². The van der Waals surface area contributed by atoms with Gasteiger partial charge in [-0.05, 0) is 0 Å². The summed E-state index contributed by atoms with van der Waals surface area (Å²) < 4.78 is 0. The van der Waals surface area contributed by atoms with Gasteiger partial charge in [0.1, 0.15) is 0 Å². The average Bonchev–Trinajstić information content (AvgIpc) is 1.33. The minimum absolute atomic E-state index is 0. The van der Waals surface area contributed by atoms with Crippen LogP contribution in [-0.4, -0.2) is 44.1 Å². The van der Waals surface area contributed by atoms with E-state index in [4.69, 9.17) is 4.89 Å². The summed E-state index contributed by atoms with van der Waals surface area (Å²) in [5.74, 6) is 0. The molecule has 0 saturated heterocycles. The minimum Gasteiger partial charge on any atom is -0.870 e. The van der Waals surface area contributed by atoms with Crippen molar-refractivity contribution < 1.29 is 16.1 Å². The molecule has 0 fully saturated rings. The molecule has 0 radical (unpaired) electrons. The first-order chi connectivity index (χ1) is 3.24. The monoisotopic (exact) mass is 157 g/mol. The summed E-state index contributed by atoms with van der Waals surface area (Å²) in [6, 6.07) is 0. The predicted octanol–water partition coefficient (Wildman–Crippen LogP) is -0.352. The second-order valence-corrected chi connectivity index (χ2v) is 10.4. The van der Waals surface area contributed by atoms with Gasteiger partial charge in [-0.1, -0.05) is 0 Å². The summed E-state index contributed by atoms with van der Waals surface area (Å²) in [5, 5.41) is 0. The van der Waals surface area contributed by atoms with Crippen molar-refractivity contribution in [2.24, 2.45) is 0 Å². The molecule has 0 amide bonds. The Hall–Kier alpha value is 0.310. The Morgan fingerprint density at radius 1 is 1.00 bits per heavy atom. The molecule has 0 rings (SSSR count). The smallest absolute Gasteiger partial charge is 0.0634 e. The van der Waals surface area contributed by atoms with Crippen LogP contribution in [-0.2, 0) is 0 Å². The zero-order chi connectivity index (χ0) is 7.45. The Bertz CT molecular complexity index is 48.1. The zero-order valence-corrected chi connectivity index (χ0v) is 7.94. The number of rotatable bonds is 0. The number of quaternary nitrogens is 1. The van der Waals surface area contributed by atoms with Crippen LogP contribution >= 0.6 is 6.83 Å². The quantitative estimate of drug-likeness (QED) is 0.471. The van der Waals surface area contributed by atoms with Crippen LogP contribution in [0.15, 0.2) is 0 Å². The summed E-state index contributed by atoms with van der Waals surface area (Å²) >= 11 is 0. The molecule has 0 aromatic carbocycles. The van der Waals surface area contributed by atoms with Gasteiger partial charge >= 0.3 is 38.4 Å². The van der Waals surface area contributed by atoms with Crippen molar-refractivity contribution in [3.05, 3.63) is 0 Å². The summed E-state index contributed by atoms with van der Waals surface area (Å²) in [4.78, 5) is 9.12. The molecule has 3 nitrogen and oxygen atoms in total. The average molecular weight is 157 g/mol. The molecule has 0 bridgehead atoms. The zero-order valence-electron chi connectivity index (χ0n) is 7.05. The Balaban J connectivity index is -0.000000109. The van der Waals surface area contributed by atoms with E-state index in [9.17, 15) is 0 Å². The molecular formula is C5H20NO2P. The van der Waals surface area contributed by atoms with E-state index in [0.717, 1.165) is 0 Å². The first-order valence-electron chi connectivity index (χ1n) is 2.70. The van der Waals surface area contributed by atoms with Crippen LogP contribution in [0.25, 0.3) is 0 Å². The standard InChI is InChI=1S/C4H13OP.CH5N.H2O/c1-6(2,3,4)5;1-2;/h5H,1-4H3;2H2,1H3;1H2. The van der Waals surface area contributed by atoms with Gasteiger partial charge in [0.2, 0.25) is 0 Å². The Kier molecular flexibility index (Phi) is 7.49. The van der Waals surface area contributed by atoms with Crippen molar-refractivity contribution in [1.82, 2.24) is 0 Å². The molecule has 0 aliphatic rings. The van der Waals surface area contributed by atoms with Gasteiger partial charge in [-0.3, -0.25) is 0 Å². The fraction of sp³-hybridized carbons (Fsp3) is 1.00. The molecule has 4 heteroatoms. The summed E-state index contributed by atoms with van der Waals surface area (Å²) in [5.41, 5.74) is 3.25.